The molecule has 27 heavy (non-hydrogen) atoms. The Balaban J connectivity index is 1.78. The SMILES string of the molecule is Cc1cc(C)c(C(=O)NC[C@@H](c2ccccc2)N2CCCCCC2)c(=O)[nH]1. The molecule has 1 aliphatic heterocycles. The zero-order valence-corrected chi connectivity index (χ0v) is 16.3. The minimum absolute atomic E-state index is 0.123. The van der Waals surface area contributed by atoms with Crippen molar-refractivity contribution in [2.24, 2.45) is 0 Å². The van der Waals surface area contributed by atoms with Crippen LogP contribution in [0.1, 0.15) is 58.9 Å². The molecular formula is C22H29N3O2. The predicted octanol–water partition coefficient (Wildman–Crippen LogP) is 3.34. The Labute approximate surface area is 160 Å². The van der Waals surface area contributed by atoms with Gasteiger partial charge in [0.25, 0.3) is 11.5 Å². The summed E-state index contributed by atoms with van der Waals surface area (Å²) in [5, 5.41) is 3.02. The summed E-state index contributed by atoms with van der Waals surface area (Å²) >= 11 is 0. The summed E-state index contributed by atoms with van der Waals surface area (Å²) in [5.74, 6) is -0.301. The maximum Gasteiger partial charge on any atom is 0.261 e. The lowest BCUT2D eigenvalue weighted by Gasteiger charge is -2.31. The summed E-state index contributed by atoms with van der Waals surface area (Å²) < 4.78 is 0. The van der Waals surface area contributed by atoms with Gasteiger partial charge in [0.15, 0.2) is 0 Å². The van der Waals surface area contributed by atoms with Gasteiger partial charge in [-0.3, -0.25) is 14.5 Å². The van der Waals surface area contributed by atoms with Gasteiger partial charge in [0.1, 0.15) is 5.56 Å². The highest BCUT2D eigenvalue weighted by molar-refractivity contribution is 5.95. The van der Waals surface area contributed by atoms with Gasteiger partial charge in [-0.1, -0.05) is 43.2 Å². The summed E-state index contributed by atoms with van der Waals surface area (Å²) in [7, 11) is 0. The fourth-order valence-electron chi connectivity index (χ4n) is 3.95. The molecule has 1 amide bonds. The number of rotatable bonds is 5. The zero-order valence-electron chi connectivity index (χ0n) is 16.3. The van der Waals surface area contributed by atoms with Gasteiger partial charge < -0.3 is 10.3 Å². The minimum Gasteiger partial charge on any atom is -0.350 e. The van der Waals surface area contributed by atoms with Crippen molar-refractivity contribution in [3.63, 3.8) is 0 Å². The van der Waals surface area contributed by atoms with Crippen molar-refractivity contribution in [1.82, 2.24) is 15.2 Å². The van der Waals surface area contributed by atoms with Gasteiger partial charge in [-0.2, -0.15) is 0 Å². The third kappa shape index (κ3) is 4.86. The number of aromatic nitrogens is 1. The average molecular weight is 367 g/mol. The van der Waals surface area contributed by atoms with Crippen LogP contribution in [0.3, 0.4) is 0 Å². The first-order chi connectivity index (χ1) is 13.1. The van der Waals surface area contributed by atoms with Crippen LogP contribution in [0, 0.1) is 13.8 Å². The second-order valence-corrected chi connectivity index (χ2v) is 7.43. The monoisotopic (exact) mass is 367 g/mol. The number of pyridine rings is 1. The molecule has 1 aromatic heterocycles. The molecule has 2 N–H and O–H groups in total. The Morgan fingerprint density at radius 2 is 1.78 bits per heavy atom. The number of benzene rings is 1. The number of nitrogens with one attached hydrogen (secondary N) is 2. The van der Waals surface area contributed by atoms with Crippen LogP contribution in [0.2, 0.25) is 0 Å². The summed E-state index contributed by atoms with van der Waals surface area (Å²) in [6.07, 6.45) is 4.91. The number of hydrogen-bond donors (Lipinski definition) is 2. The highest BCUT2D eigenvalue weighted by Gasteiger charge is 2.23. The molecule has 0 saturated carbocycles. The summed E-state index contributed by atoms with van der Waals surface area (Å²) in [6, 6.07) is 12.3. The molecule has 1 fully saturated rings. The van der Waals surface area contributed by atoms with Crippen molar-refractivity contribution >= 4 is 5.91 Å². The van der Waals surface area contributed by atoms with Gasteiger partial charge in [-0.05, 0) is 57.0 Å². The van der Waals surface area contributed by atoms with E-state index in [4.69, 9.17) is 0 Å². The first-order valence-corrected chi connectivity index (χ1v) is 9.84. The topological polar surface area (TPSA) is 65.2 Å². The lowest BCUT2D eigenvalue weighted by molar-refractivity contribution is 0.0931. The van der Waals surface area contributed by atoms with Crippen LogP contribution in [0.15, 0.2) is 41.2 Å². The Hall–Kier alpha value is -2.40. The van der Waals surface area contributed by atoms with Crippen molar-refractivity contribution in [3.05, 3.63) is 69.1 Å². The van der Waals surface area contributed by atoms with Crippen LogP contribution in [0.5, 0.6) is 0 Å². The standard InChI is InChI=1S/C22H29N3O2/c1-16-14-17(2)24-22(27)20(16)21(26)23-15-19(18-10-6-5-7-11-18)25-12-8-3-4-9-13-25/h5-7,10-11,14,19H,3-4,8-9,12-13,15H2,1-2H3,(H,23,26)(H,24,27)/t19-/m0/s1. The molecular weight excluding hydrogens is 338 g/mol. The molecule has 5 heteroatoms. The van der Waals surface area contributed by atoms with E-state index in [0.29, 0.717) is 12.1 Å². The number of nitrogens with zero attached hydrogens (tertiary/aromatic N) is 1. The second-order valence-electron chi connectivity index (χ2n) is 7.43. The molecule has 2 heterocycles. The van der Waals surface area contributed by atoms with Crippen LogP contribution >= 0.6 is 0 Å². The van der Waals surface area contributed by atoms with Crippen LogP contribution in [-0.4, -0.2) is 35.4 Å². The van der Waals surface area contributed by atoms with E-state index in [-0.39, 0.29) is 23.1 Å². The van der Waals surface area contributed by atoms with Gasteiger partial charge in [-0.15, -0.1) is 0 Å². The second kappa shape index (κ2) is 9.00. The van der Waals surface area contributed by atoms with Crippen molar-refractivity contribution in [3.8, 4) is 0 Å². The normalized spacial score (nSPS) is 16.5. The summed E-state index contributed by atoms with van der Waals surface area (Å²) in [6.45, 7) is 6.20. The third-order valence-corrected chi connectivity index (χ3v) is 5.31. The fraction of sp³-hybridized carbons (Fsp3) is 0.455. The highest BCUT2D eigenvalue weighted by Crippen LogP contribution is 2.23. The van der Waals surface area contributed by atoms with E-state index in [0.717, 1.165) is 18.8 Å². The Morgan fingerprint density at radius 3 is 2.41 bits per heavy atom. The maximum atomic E-state index is 12.7. The van der Waals surface area contributed by atoms with Crippen LogP contribution < -0.4 is 10.9 Å². The number of aryl methyl sites for hydroxylation is 2. The quantitative estimate of drug-likeness (QED) is 0.852. The molecule has 0 radical (unpaired) electrons. The molecule has 1 saturated heterocycles. The summed E-state index contributed by atoms with van der Waals surface area (Å²) in [4.78, 5) is 30.2. The van der Waals surface area contributed by atoms with Crippen molar-refractivity contribution < 1.29 is 4.79 Å². The van der Waals surface area contributed by atoms with E-state index >= 15 is 0 Å². The Bertz CT molecular complexity index is 821. The van der Waals surface area contributed by atoms with E-state index in [1.54, 1.807) is 6.92 Å². The van der Waals surface area contributed by atoms with Gasteiger partial charge in [0.05, 0.1) is 6.04 Å². The first-order valence-electron chi connectivity index (χ1n) is 9.84. The minimum atomic E-state index is -0.323. The van der Waals surface area contributed by atoms with E-state index < -0.39 is 0 Å². The molecule has 1 aliphatic rings. The number of hydrogen-bond acceptors (Lipinski definition) is 3. The zero-order chi connectivity index (χ0) is 19.2. The molecule has 5 nitrogen and oxygen atoms in total. The van der Waals surface area contributed by atoms with Crippen molar-refractivity contribution in [1.29, 1.82) is 0 Å². The molecule has 0 bridgehead atoms. The van der Waals surface area contributed by atoms with Crippen LogP contribution in [0.4, 0.5) is 0 Å². The number of H-pyrrole nitrogens is 1. The lowest BCUT2D eigenvalue weighted by atomic mass is 10.0. The molecule has 2 aromatic rings. The predicted molar refractivity (Wildman–Crippen MR) is 108 cm³/mol. The van der Waals surface area contributed by atoms with E-state index in [1.165, 1.54) is 31.2 Å². The molecule has 3 rings (SSSR count). The average Bonchev–Trinajstić information content (AvgIpc) is 2.91. The molecule has 0 unspecified atom stereocenters. The van der Waals surface area contributed by atoms with E-state index in [9.17, 15) is 9.59 Å². The number of carbonyl (C=O) groups is 1. The Kier molecular flexibility index (Phi) is 6.45. The lowest BCUT2D eigenvalue weighted by Crippen LogP contribution is -2.40. The fourth-order valence-corrected chi connectivity index (χ4v) is 3.95. The van der Waals surface area contributed by atoms with E-state index in [1.807, 2.05) is 31.2 Å². The largest absolute Gasteiger partial charge is 0.350 e. The van der Waals surface area contributed by atoms with Gasteiger partial charge in [0, 0.05) is 12.2 Å². The van der Waals surface area contributed by atoms with Crippen LogP contribution in [0.25, 0.3) is 0 Å². The van der Waals surface area contributed by atoms with Crippen molar-refractivity contribution in [2.75, 3.05) is 19.6 Å². The molecule has 0 aliphatic carbocycles. The molecule has 0 spiro atoms. The number of likely N-dealkylation sites (tertiary alicyclic amines) is 1. The molecule has 1 atom stereocenters. The van der Waals surface area contributed by atoms with Crippen molar-refractivity contribution in [2.45, 2.75) is 45.6 Å². The third-order valence-electron chi connectivity index (χ3n) is 5.31. The van der Waals surface area contributed by atoms with Gasteiger partial charge >= 0.3 is 0 Å². The smallest absolute Gasteiger partial charge is 0.261 e. The van der Waals surface area contributed by atoms with E-state index in [2.05, 4.69) is 27.3 Å². The summed E-state index contributed by atoms with van der Waals surface area (Å²) in [5.41, 5.74) is 2.56. The number of carbonyl (C=O) groups excluding carboxylic acids is 1. The van der Waals surface area contributed by atoms with Crippen LogP contribution in [-0.2, 0) is 0 Å². The van der Waals surface area contributed by atoms with Gasteiger partial charge in [0.2, 0.25) is 0 Å². The number of amides is 1. The van der Waals surface area contributed by atoms with Gasteiger partial charge in [-0.25, -0.2) is 0 Å². The number of aromatic amines is 1. The maximum absolute atomic E-state index is 12.7. The Morgan fingerprint density at radius 1 is 1.11 bits per heavy atom. The first kappa shape index (κ1) is 19.4. The highest BCUT2D eigenvalue weighted by atomic mass is 16.2. The molecule has 1 aromatic carbocycles. The molecule has 144 valence electrons.